The van der Waals surface area contributed by atoms with Crippen molar-refractivity contribution in [1.82, 2.24) is 10.2 Å². The molecular weight excluding hydrogens is 424 g/mol. The van der Waals surface area contributed by atoms with Gasteiger partial charge in [0.15, 0.2) is 11.5 Å². The van der Waals surface area contributed by atoms with Crippen molar-refractivity contribution in [3.8, 4) is 34.5 Å². The number of aromatic nitrogens is 2. The van der Waals surface area contributed by atoms with Gasteiger partial charge in [0, 0.05) is 11.6 Å². The van der Waals surface area contributed by atoms with Crippen LogP contribution in [0.1, 0.15) is 5.56 Å². The van der Waals surface area contributed by atoms with E-state index in [-0.39, 0.29) is 16.0 Å². The molecule has 10 heteroatoms. The van der Waals surface area contributed by atoms with Crippen molar-refractivity contribution in [2.75, 3.05) is 27.4 Å². The van der Waals surface area contributed by atoms with Crippen LogP contribution >= 0.6 is 11.8 Å². The maximum Gasteiger partial charge on any atom is 0.342 e. The number of ether oxygens (including phenoxy) is 4. The fourth-order valence-electron chi connectivity index (χ4n) is 2.83. The number of carboxylic acid groups (broad SMARTS) is 1. The van der Waals surface area contributed by atoms with Crippen molar-refractivity contribution in [1.29, 1.82) is 0 Å². The average Bonchev–Trinajstić information content (AvgIpc) is 3.26. The first kappa shape index (κ1) is 20.6. The summed E-state index contributed by atoms with van der Waals surface area (Å²) in [5.41, 5.74) is 1.23. The molecule has 0 fully saturated rings. The third-order valence-electron chi connectivity index (χ3n) is 4.28. The lowest BCUT2D eigenvalue weighted by Gasteiger charge is -2.18. The zero-order valence-corrected chi connectivity index (χ0v) is 17.5. The number of hydrogen-bond acceptors (Lipinski definition) is 9. The summed E-state index contributed by atoms with van der Waals surface area (Å²) < 4.78 is 27.2. The molecule has 0 aliphatic carbocycles. The summed E-state index contributed by atoms with van der Waals surface area (Å²) in [6.07, 6.45) is 1.50. The molecule has 0 spiro atoms. The van der Waals surface area contributed by atoms with Crippen molar-refractivity contribution in [2.45, 2.75) is 5.22 Å². The van der Waals surface area contributed by atoms with E-state index < -0.39 is 5.97 Å². The lowest BCUT2D eigenvalue weighted by molar-refractivity contribution is -0.131. The Hall–Kier alpha value is -3.66. The van der Waals surface area contributed by atoms with Gasteiger partial charge in [-0.2, -0.15) is 0 Å². The van der Waals surface area contributed by atoms with E-state index in [2.05, 4.69) is 10.2 Å². The highest BCUT2D eigenvalue weighted by Gasteiger charge is 2.18. The number of benzene rings is 2. The number of nitrogens with zero attached hydrogens (tertiary/aromatic N) is 2. The zero-order chi connectivity index (χ0) is 21.8. The quantitative estimate of drug-likeness (QED) is 0.429. The van der Waals surface area contributed by atoms with Crippen LogP contribution in [0.3, 0.4) is 0 Å². The van der Waals surface area contributed by atoms with E-state index >= 15 is 0 Å². The Labute approximate surface area is 181 Å². The second kappa shape index (κ2) is 9.00. The maximum absolute atomic E-state index is 11.8. The number of hydrogen-bond donors (Lipinski definition) is 1. The number of methoxy groups -OCH3 is 2. The second-order valence-electron chi connectivity index (χ2n) is 6.29. The van der Waals surface area contributed by atoms with Crippen molar-refractivity contribution >= 4 is 23.8 Å². The molecule has 1 aliphatic rings. The third kappa shape index (κ3) is 4.75. The van der Waals surface area contributed by atoms with Crippen LogP contribution in [0, 0.1) is 0 Å². The minimum absolute atomic E-state index is 0.00935. The molecule has 3 aromatic rings. The number of thioether (sulfide) groups is 1. The third-order valence-corrected chi connectivity index (χ3v) is 5.13. The molecule has 2 aromatic carbocycles. The van der Waals surface area contributed by atoms with Crippen molar-refractivity contribution in [2.24, 2.45) is 0 Å². The van der Waals surface area contributed by atoms with Gasteiger partial charge in [0.05, 0.1) is 14.2 Å². The smallest absolute Gasteiger partial charge is 0.342 e. The van der Waals surface area contributed by atoms with Crippen LogP contribution in [-0.4, -0.2) is 48.7 Å². The van der Waals surface area contributed by atoms with E-state index in [9.17, 15) is 9.90 Å². The first-order valence-corrected chi connectivity index (χ1v) is 9.97. The fraction of sp³-hybridized carbons (Fsp3) is 0.190. The van der Waals surface area contributed by atoms with Crippen molar-refractivity contribution < 1.29 is 33.3 Å². The van der Waals surface area contributed by atoms with Crippen molar-refractivity contribution in [3.63, 3.8) is 0 Å². The number of rotatable bonds is 7. The first-order chi connectivity index (χ1) is 15.1. The van der Waals surface area contributed by atoms with E-state index in [1.807, 2.05) is 0 Å². The normalized spacial score (nSPS) is 13.0. The molecule has 2 heterocycles. The van der Waals surface area contributed by atoms with Gasteiger partial charge in [0.25, 0.3) is 5.22 Å². The zero-order valence-electron chi connectivity index (χ0n) is 16.7. The van der Waals surface area contributed by atoms with Gasteiger partial charge < -0.3 is 28.5 Å². The lowest BCUT2D eigenvalue weighted by atomic mass is 10.2. The SMILES string of the molecule is COc1cc(OC)cc(-c2nnc(S/C(=C\c3ccc4c(c3)OCCO4)C(=O)O)o2)c1. The van der Waals surface area contributed by atoms with Crippen LogP contribution in [-0.2, 0) is 4.79 Å². The lowest BCUT2D eigenvalue weighted by Crippen LogP contribution is -2.15. The van der Waals surface area contributed by atoms with E-state index in [0.717, 1.165) is 11.8 Å². The number of fused-ring (bicyclic) bond motifs is 1. The molecule has 4 rings (SSSR count). The molecule has 0 atom stereocenters. The highest BCUT2D eigenvalue weighted by molar-refractivity contribution is 8.03. The Morgan fingerprint density at radius 3 is 2.42 bits per heavy atom. The van der Waals surface area contributed by atoms with Gasteiger partial charge in [-0.15, -0.1) is 10.2 Å². The van der Waals surface area contributed by atoms with Crippen LogP contribution in [0.15, 0.2) is 50.9 Å². The second-order valence-corrected chi connectivity index (χ2v) is 7.29. The molecule has 31 heavy (non-hydrogen) atoms. The minimum Gasteiger partial charge on any atom is -0.497 e. The largest absolute Gasteiger partial charge is 0.497 e. The van der Waals surface area contributed by atoms with Gasteiger partial charge in [-0.3, -0.25) is 0 Å². The Kier molecular flexibility index (Phi) is 5.99. The van der Waals surface area contributed by atoms with Crippen LogP contribution in [0.25, 0.3) is 17.5 Å². The fourth-order valence-corrected chi connectivity index (χ4v) is 3.50. The monoisotopic (exact) mass is 442 g/mol. The average molecular weight is 442 g/mol. The Morgan fingerprint density at radius 2 is 1.74 bits per heavy atom. The molecule has 0 radical (unpaired) electrons. The molecule has 0 unspecified atom stereocenters. The summed E-state index contributed by atoms with van der Waals surface area (Å²) in [5.74, 6) is 1.41. The summed E-state index contributed by atoms with van der Waals surface area (Å²) >= 11 is 0.851. The van der Waals surface area contributed by atoms with Gasteiger partial charge in [0.1, 0.15) is 29.6 Å². The molecule has 1 N–H and O–H groups in total. The summed E-state index contributed by atoms with van der Waals surface area (Å²) in [6.45, 7) is 0.928. The van der Waals surface area contributed by atoms with Gasteiger partial charge in [0.2, 0.25) is 5.89 Å². The summed E-state index contributed by atoms with van der Waals surface area (Å²) in [7, 11) is 3.07. The molecule has 1 aliphatic heterocycles. The molecule has 1 aromatic heterocycles. The first-order valence-electron chi connectivity index (χ1n) is 9.15. The molecule has 9 nitrogen and oxygen atoms in total. The molecule has 0 saturated carbocycles. The van der Waals surface area contributed by atoms with E-state index in [0.29, 0.717) is 47.3 Å². The predicted molar refractivity (Wildman–Crippen MR) is 112 cm³/mol. The van der Waals surface area contributed by atoms with Gasteiger partial charge in [-0.1, -0.05) is 6.07 Å². The van der Waals surface area contributed by atoms with E-state index in [4.69, 9.17) is 23.4 Å². The number of carboxylic acids is 1. The van der Waals surface area contributed by atoms with Gasteiger partial charge in [-0.25, -0.2) is 4.79 Å². The summed E-state index contributed by atoms with van der Waals surface area (Å²) in [4.78, 5) is 11.8. The predicted octanol–water partition coefficient (Wildman–Crippen LogP) is 3.74. The molecule has 0 bridgehead atoms. The topological polar surface area (TPSA) is 113 Å². The molecule has 0 amide bonds. The van der Waals surface area contributed by atoms with Crippen LogP contribution in [0.4, 0.5) is 0 Å². The van der Waals surface area contributed by atoms with Crippen molar-refractivity contribution in [3.05, 3.63) is 46.9 Å². The maximum atomic E-state index is 11.8. The molecular formula is C21H18N2O7S. The van der Waals surface area contributed by atoms with Crippen LogP contribution < -0.4 is 18.9 Å². The van der Waals surface area contributed by atoms with E-state index in [1.165, 1.54) is 20.3 Å². The van der Waals surface area contributed by atoms with Crippen LogP contribution in [0.5, 0.6) is 23.0 Å². The van der Waals surface area contributed by atoms with Gasteiger partial charge >= 0.3 is 5.97 Å². The summed E-state index contributed by atoms with van der Waals surface area (Å²) in [5, 5.41) is 17.7. The summed E-state index contributed by atoms with van der Waals surface area (Å²) in [6, 6.07) is 10.4. The standard InChI is InChI=1S/C21H18N2O7S/c1-26-14-9-13(10-15(11-14)27-2)19-22-23-21(30-19)31-18(20(24)25)8-12-3-4-16-17(7-12)29-6-5-28-16/h3-4,7-11H,5-6H2,1-2H3,(H,24,25)/b18-8-. The number of carbonyl (C=O) groups is 1. The van der Waals surface area contributed by atoms with E-state index in [1.54, 1.807) is 36.4 Å². The Bertz CT molecular complexity index is 1120. The molecule has 0 saturated heterocycles. The Morgan fingerprint density at radius 1 is 1.03 bits per heavy atom. The highest BCUT2D eigenvalue weighted by Crippen LogP contribution is 2.35. The highest BCUT2D eigenvalue weighted by atomic mass is 32.2. The number of aliphatic carboxylic acids is 1. The van der Waals surface area contributed by atoms with Crippen LogP contribution in [0.2, 0.25) is 0 Å². The minimum atomic E-state index is -1.12. The molecule has 160 valence electrons. The Balaban J connectivity index is 1.58. The van der Waals surface area contributed by atoms with Gasteiger partial charge in [-0.05, 0) is 47.7 Å².